The van der Waals surface area contributed by atoms with Crippen LogP contribution < -0.4 is 0 Å². The highest BCUT2D eigenvalue weighted by molar-refractivity contribution is 7.89. The van der Waals surface area contributed by atoms with E-state index in [1.807, 2.05) is 18.2 Å². The monoisotopic (exact) mass is 414 g/mol. The lowest BCUT2D eigenvalue weighted by Gasteiger charge is -2.46. The first-order valence-corrected chi connectivity index (χ1v) is 11.7. The van der Waals surface area contributed by atoms with E-state index in [2.05, 4.69) is 50.1 Å². The largest absolute Gasteiger partial charge is 0.371 e. The molecule has 0 radical (unpaired) electrons. The smallest absolute Gasteiger partial charge is 0.243 e. The number of rotatable bonds is 6. The van der Waals surface area contributed by atoms with Crippen molar-refractivity contribution in [1.82, 2.24) is 9.21 Å². The van der Waals surface area contributed by atoms with Crippen molar-refractivity contribution >= 4 is 10.0 Å². The zero-order chi connectivity index (χ0) is 20.6. The van der Waals surface area contributed by atoms with E-state index in [0.29, 0.717) is 36.6 Å². The Morgan fingerprint density at radius 1 is 1.10 bits per heavy atom. The Balaban J connectivity index is 1.36. The van der Waals surface area contributed by atoms with Gasteiger partial charge in [-0.25, -0.2) is 8.42 Å². The second-order valence-electron chi connectivity index (χ2n) is 8.75. The fourth-order valence-corrected chi connectivity index (χ4v) is 5.85. The van der Waals surface area contributed by atoms with Crippen LogP contribution in [0.4, 0.5) is 0 Å². The van der Waals surface area contributed by atoms with Gasteiger partial charge in [0.15, 0.2) is 0 Å². The van der Waals surface area contributed by atoms with Gasteiger partial charge in [0, 0.05) is 25.7 Å². The molecule has 2 aliphatic heterocycles. The molecule has 2 saturated heterocycles. The van der Waals surface area contributed by atoms with Crippen LogP contribution in [0, 0.1) is 0 Å². The lowest BCUT2D eigenvalue weighted by molar-refractivity contribution is -0.0774. The highest BCUT2D eigenvalue weighted by Gasteiger charge is 2.54. The molecule has 156 valence electrons. The van der Waals surface area contributed by atoms with Crippen LogP contribution in [-0.4, -0.2) is 56.0 Å². The molecule has 2 aromatic carbocycles. The Labute approximate surface area is 174 Å². The highest BCUT2D eigenvalue weighted by Crippen LogP contribution is 2.39. The minimum absolute atomic E-state index is 0.311. The van der Waals surface area contributed by atoms with Crippen molar-refractivity contribution in [2.24, 2.45) is 0 Å². The van der Waals surface area contributed by atoms with Gasteiger partial charge in [0.2, 0.25) is 10.0 Å². The molecule has 6 heteroatoms. The average molecular weight is 415 g/mol. The second kappa shape index (κ2) is 7.84. The predicted molar refractivity (Wildman–Crippen MR) is 114 cm³/mol. The Bertz CT molecular complexity index is 936. The van der Waals surface area contributed by atoms with Crippen LogP contribution in [-0.2, 0) is 21.3 Å². The normalized spacial score (nSPS) is 21.8. The topological polar surface area (TPSA) is 49.9 Å². The Hall–Kier alpha value is -1.73. The first-order valence-electron chi connectivity index (χ1n) is 10.3. The first-order chi connectivity index (χ1) is 13.8. The molecule has 4 rings (SSSR count). The van der Waals surface area contributed by atoms with Gasteiger partial charge < -0.3 is 4.74 Å². The molecule has 2 aromatic rings. The third-order valence-corrected chi connectivity index (χ3v) is 8.01. The standard InChI is InChI=1S/C23H30N2O3S/c1-18(2)20-9-11-22(12-10-20)29(26,27)25-16-23(17-25)13-21(15-28-23)24(3)14-19-7-5-4-6-8-19/h4-12,18,21H,13-17H2,1-3H3. The maximum atomic E-state index is 13.0. The summed E-state index contributed by atoms with van der Waals surface area (Å²) in [4.78, 5) is 2.68. The van der Waals surface area contributed by atoms with Gasteiger partial charge in [0.25, 0.3) is 0 Å². The molecule has 0 aliphatic carbocycles. The molecule has 2 heterocycles. The molecule has 1 unspecified atom stereocenters. The van der Waals surface area contributed by atoms with Crippen LogP contribution in [0.15, 0.2) is 59.5 Å². The van der Waals surface area contributed by atoms with Gasteiger partial charge in [-0.15, -0.1) is 0 Å². The second-order valence-corrected chi connectivity index (χ2v) is 10.7. The van der Waals surface area contributed by atoms with Gasteiger partial charge in [0.1, 0.15) is 0 Å². The fraction of sp³-hybridized carbons (Fsp3) is 0.478. The minimum atomic E-state index is -3.45. The van der Waals surface area contributed by atoms with Crippen LogP contribution in [0.3, 0.4) is 0 Å². The first kappa shape index (κ1) is 20.5. The van der Waals surface area contributed by atoms with Gasteiger partial charge in [-0.2, -0.15) is 4.31 Å². The van der Waals surface area contributed by atoms with Crippen molar-refractivity contribution < 1.29 is 13.2 Å². The highest BCUT2D eigenvalue weighted by atomic mass is 32.2. The molecule has 0 N–H and O–H groups in total. The van der Waals surface area contributed by atoms with Gasteiger partial charge in [-0.05, 0) is 42.6 Å². The molecule has 0 aromatic heterocycles. The quantitative estimate of drug-likeness (QED) is 0.726. The van der Waals surface area contributed by atoms with Crippen molar-refractivity contribution in [3.05, 3.63) is 65.7 Å². The number of ether oxygens (including phenoxy) is 1. The number of sulfonamides is 1. The van der Waals surface area contributed by atoms with Crippen molar-refractivity contribution in [1.29, 1.82) is 0 Å². The minimum Gasteiger partial charge on any atom is -0.371 e. The number of benzene rings is 2. The Morgan fingerprint density at radius 2 is 1.76 bits per heavy atom. The zero-order valence-electron chi connectivity index (χ0n) is 17.4. The van der Waals surface area contributed by atoms with Gasteiger partial charge in [-0.1, -0.05) is 56.3 Å². The van der Waals surface area contributed by atoms with Crippen LogP contribution in [0.5, 0.6) is 0 Å². The van der Waals surface area contributed by atoms with E-state index >= 15 is 0 Å². The van der Waals surface area contributed by atoms with Crippen LogP contribution >= 0.6 is 0 Å². The summed E-state index contributed by atoms with van der Waals surface area (Å²) < 4.78 is 33.6. The van der Waals surface area contributed by atoms with E-state index in [1.54, 1.807) is 16.4 Å². The molecule has 5 nitrogen and oxygen atoms in total. The molecular weight excluding hydrogens is 384 g/mol. The molecule has 0 amide bonds. The SMILES string of the molecule is CC(C)c1ccc(S(=O)(=O)N2CC3(CC(N(C)Cc4ccccc4)CO3)C2)cc1. The van der Waals surface area contributed by atoms with Crippen LogP contribution in [0.1, 0.15) is 37.3 Å². The van der Waals surface area contributed by atoms with Crippen molar-refractivity contribution in [2.45, 2.75) is 49.3 Å². The van der Waals surface area contributed by atoms with E-state index in [9.17, 15) is 8.42 Å². The van der Waals surface area contributed by atoms with Crippen molar-refractivity contribution in [3.63, 3.8) is 0 Å². The Kier molecular flexibility index (Phi) is 5.55. The Morgan fingerprint density at radius 3 is 2.38 bits per heavy atom. The number of likely N-dealkylation sites (N-methyl/N-ethyl adjacent to an activating group) is 1. The van der Waals surface area contributed by atoms with Gasteiger partial charge in [-0.3, -0.25) is 4.90 Å². The third-order valence-electron chi connectivity index (χ3n) is 6.20. The summed E-state index contributed by atoms with van der Waals surface area (Å²) in [6.07, 6.45) is 0.870. The van der Waals surface area contributed by atoms with Gasteiger partial charge in [0.05, 0.1) is 17.1 Å². The van der Waals surface area contributed by atoms with Crippen molar-refractivity contribution in [3.8, 4) is 0 Å². The number of nitrogens with zero attached hydrogens (tertiary/aromatic N) is 2. The summed E-state index contributed by atoms with van der Waals surface area (Å²) in [5, 5.41) is 0. The van der Waals surface area contributed by atoms with E-state index in [-0.39, 0.29) is 5.60 Å². The zero-order valence-corrected chi connectivity index (χ0v) is 18.2. The lowest BCUT2D eigenvalue weighted by atomic mass is 9.91. The third kappa shape index (κ3) is 4.12. The number of hydrogen-bond donors (Lipinski definition) is 0. The number of hydrogen-bond acceptors (Lipinski definition) is 4. The van der Waals surface area contributed by atoms with Crippen molar-refractivity contribution in [2.75, 3.05) is 26.7 Å². The summed E-state index contributed by atoms with van der Waals surface area (Å²) in [6, 6.07) is 18.0. The molecule has 0 saturated carbocycles. The maximum Gasteiger partial charge on any atom is 0.243 e. The van der Waals surface area contributed by atoms with Gasteiger partial charge >= 0.3 is 0 Å². The molecule has 0 bridgehead atoms. The summed E-state index contributed by atoms with van der Waals surface area (Å²) in [6.45, 7) is 6.61. The summed E-state index contributed by atoms with van der Waals surface area (Å²) in [7, 11) is -1.34. The predicted octanol–water partition coefficient (Wildman–Crippen LogP) is 3.47. The molecule has 29 heavy (non-hydrogen) atoms. The maximum absolute atomic E-state index is 13.0. The van der Waals surface area contributed by atoms with E-state index in [4.69, 9.17) is 4.74 Å². The average Bonchev–Trinajstić information content (AvgIpc) is 3.14. The molecule has 1 atom stereocenters. The molecule has 2 aliphatic rings. The van der Waals surface area contributed by atoms with E-state index < -0.39 is 10.0 Å². The summed E-state index contributed by atoms with van der Waals surface area (Å²) in [5.41, 5.74) is 2.09. The van der Waals surface area contributed by atoms with Crippen LogP contribution in [0.25, 0.3) is 0 Å². The molecule has 2 fully saturated rings. The van der Waals surface area contributed by atoms with E-state index in [0.717, 1.165) is 18.5 Å². The summed E-state index contributed by atoms with van der Waals surface area (Å²) in [5.74, 6) is 0.385. The molecular formula is C23H30N2O3S. The molecule has 1 spiro atoms. The lowest BCUT2D eigenvalue weighted by Crippen LogP contribution is -2.63. The van der Waals surface area contributed by atoms with Crippen LogP contribution in [0.2, 0.25) is 0 Å². The van der Waals surface area contributed by atoms with E-state index in [1.165, 1.54) is 5.56 Å². The summed E-state index contributed by atoms with van der Waals surface area (Å²) >= 11 is 0. The fourth-order valence-electron chi connectivity index (χ4n) is 4.26.